The Bertz CT molecular complexity index is 1250. The van der Waals surface area contributed by atoms with E-state index < -0.39 is 35.0 Å². The Labute approximate surface area is 193 Å². The van der Waals surface area contributed by atoms with Gasteiger partial charge in [-0.1, -0.05) is 13.0 Å². The summed E-state index contributed by atoms with van der Waals surface area (Å²) in [5.74, 6) is -1.60. The van der Waals surface area contributed by atoms with Gasteiger partial charge in [0.2, 0.25) is 11.2 Å². The molecule has 0 bridgehead atoms. The van der Waals surface area contributed by atoms with E-state index in [2.05, 4.69) is 0 Å². The Morgan fingerprint density at radius 3 is 2.38 bits per heavy atom. The van der Waals surface area contributed by atoms with Crippen LogP contribution in [0.3, 0.4) is 0 Å². The zero-order valence-electron chi connectivity index (χ0n) is 18.9. The van der Waals surface area contributed by atoms with Gasteiger partial charge in [0.1, 0.15) is 11.3 Å². The summed E-state index contributed by atoms with van der Waals surface area (Å²) in [5, 5.41) is -0.0913. The van der Waals surface area contributed by atoms with Crippen molar-refractivity contribution in [2.75, 3.05) is 20.8 Å². The summed E-state index contributed by atoms with van der Waals surface area (Å²) >= 11 is 0. The van der Waals surface area contributed by atoms with E-state index in [0.717, 1.165) is 6.07 Å². The van der Waals surface area contributed by atoms with Gasteiger partial charge in [-0.15, -0.1) is 0 Å². The first-order valence-corrected chi connectivity index (χ1v) is 10.3. The van der Waals surface area contributed by atoms with Gasteiger partial charge in [-0.25, -0.2) is 4.79 Å². The third-order valence-corrected chi connectivity index (χ3v) is 4.89. The highest BCUT2D eigenvalue weighted by Gasteiger charge is 2.39. The highest BCUT2D eigenvalue weighted by Crippen LogP contribution is 2.40. The monoisotopic (exact) mass is 480 g/mol. The summed E-state index contributed by atoms with van der Waals surface area (Å²) in [6.07, 6.45) is -5.35. The molecule has 1 aromatic heterocycles. The molecule has 34 heavy (non-hydrogen) atoms. The van der Waals surface area contributed by atoms with E-state index in [9.17, 15) is 22.8 Å². The highest BCUT2D eigenvalue weighted by atomic mass is 19.4. The quantitative estimate of drug-likeness (QED) is 0.409. The summed E-state index contributed by atoms with van der Waals surface area (Å²) in [7, 11) is 2.71. The minimum absolute atomic E-state index is 0.0450. The van der Waals surface area contributed by atoms with E-state index in [-0.39, 0.29) is 34.6 Å². The number of carbonyl (C=O) groups is 1. The van der Waals surface area contributed by atoms with Crippen molar-refractivity contribution in [1.82, 2.24) is 0 Å². The van der Waals surface area contributed by atoms with E-state index >= 15 is 0 Å². The van der Waals surface area contributed by atoms with Gasteiger partial charge in [0.05, 0.1) is 31.8 Å². The van der Waals surface area contributed by atoms with Gasteiger partial charge in [-0.3, -0.25) is 4.79 Å². The molecule has 0 aliphatic carbocycles. The molecule has 2 aromatic carbocycles. The van der Waals surface area contributed by atoms with Crippen molar-refractivity contribution in [3.63, 3.8) is 0 Å². The Morgan fingerprint density at radius 2 is 1.76 bits per heavy atom. The second-order valence-electron chi connectivity index (χ2n) is 7.29. The molecule has 1 heterocycles. The first kappa shape index (κ1) is 24.9. The fourth-order valence-corrected chi connectivity index (χ4v) is 3.27. The molecule has 3 rings (SSSR count). The maximum Gasteiger partial charge on any atom is 0.450 e. The van der Waals surface area contributed by atoms with Gasteiger partial charge in [-0.2, -0.15) is 13.2 Å². The average molecular weight is 480 g/mol. The molecule has 0 saturated heterocycles. The molecule has 0 radical (unpaired) electrons. The first-order chi connectivity index (χ1) is 16.1. The molecule has 0 saturated carbocycles. The maximum absolute atomic E-state index is 13.9. The summed E-state index contributed by atoms with van der Waals surface area (Å²) in [6.45, 7) is 3.49. The molecule has 182 valence electrons. The number of halogens is 3. The van der Waals surface area contributed by atoms with Gasteiger partial charge in [0.15, 0.2) is 17.6 Å². The molecular weight excluding hydrogens is 457 g/mol. The summed E-state index contributed by atoms with van der Waals surface area (Å²) in [5.41, 5.74) is -1.93. The number of ether oxygens (including phenoxy) is 4. The van der Waals surface area contributed by atoms with Gasteiger partial charge in [0.25, 0.3) is 0 Å². The fraction of sp³-hybridized carbons (Fsp3) is 0.333. The van der Waals surface area contributed by atoms with Crippen LogP contribution < -0.4 is 19.6 Å². The van der Waals surface area contributed by atoms with Crippen molar-refractivity contribution in [3.05, 3.63) is 52.4 Å². The third kappa shape index (κ3) is 5.11. The molecule has 0 aliphatic rings. The van der Waals surface area contributed by atoms with E-state index in [1.54, 1.807) is 0 Å². The van der Waals surface area contributed by atoms with Crippen LogP contribution in [-0.4, -0.2) is 32.9 Å². The molecule has 0 aliphatic heterocycles. The Hall–Kier alpha value is -3.69. The van der Waals surface area contributed by atoms with Crippen LogP contribution in [0.2, 0.25) is 0 Å². The molecule has 1 atom stereocenters. The minimum atomic E-state index is -4.97. The van der Waals surface area contributed by atoms with Crippen LogP contribution in [-0.2, 0) is 15.7 Å². The Balaban J connectivity index is 2.12. The van der Waals surface area contributed by atoms with Gasteiger partial charge < -0.3 is 23.4 Å². The summed E-state index contributed by atoms with van der Waals surface area (Å²) in [4.78, 5) is 25.1. The number of carbonyl (C=O) groups excluding carboxylic acids is 1. The van der Waals surface area contributed by atoms with E-state index in [4.69, 9.17) is 23.4 Å². The maximum atomic E-state index is 13.9. The number of benzene rings is 2. The average Bonchev–Trinajstić information content (AvgIpc) is 2.81. The Morgan fingerprint density at radius 1 is 1.06 bits per heavy atom. The van der Waals surface area contributed by atoms with Crippen molar-refractivity contribution < 1.29 is 41.3 Å². The molecule has 3 aromatic rings. The highest BCUT2D eigenvalue weighted by molar-refractivity contribution is 5.84. The van der Waals surface area contributed by atoms with Crippen LogP contribution in [0, 0.1) is 0 Å². The van der Waals surface area contributed by atoms with Crippen LogP contribution >= 0.6 is 0 Å². The molecular formula is C24H23F3O7. The SMILES string of the molecule is CCCOC(=O)C(C)Oc1ccc2c(=O)c(-c3ccc(OC)c(OC)c3)c(C(F)(F)F)oc2c1. The standard InChI is InChI=1S/C24H23F3O7/c1-5-10-32-23(29)13(2)33-15-7-8-16-18(12-15)34-22(24(25,26)27)20(21(16)28)14-6-9-17(30-3)19(11-14)31-4/h6-9,11-13H,5,10H2,1-4H3. The zero-order valence-corrected chi connectivity index (χ0v) is 18.9. The molecule has 7 nitrogen and oxygen atoms in total. The normalized spacial score (nSPS) is 12.3. The minimum Gasteiger partial charge on any atom is -0.493 e. The fourth-order valence-electron chi connectivity index (χ4n) is 3.27. The number of rotatable bonds is 8. The van der Waals surface area contributed by atoms with Gasteiger partial charge in [0, 0.05) is 6.07 Å². The lowest BCUT2D eigenvalue weighted by Gasteiger charge is -2.16. The smallest absolute Gasteiger partial charge is 0.450 e. The van der Waals surface area contributed by atoms with Crippen LogP contribution in [0.4, 0.5) is 13.2 Å². The lowest BCUT2D eigenvalue weighted by atomic mass is 10.0. The second kappa shape index (κ2) is 10.1. The molecule has 0 amide bonds. The largest absolute Gasteiger partial charge is 0.493 e. The molecule has 0 N–H and O–H groups in total. The van der Waals surface area contributed by atoms with Gasteiger partial charge in [-0.05, 0) is 43.2 Å². The van der Waals surface area contributed by atoms with Crippen molar-refractivity contribution in [2.45, 2.75) is 32.5 Å². The number of hydrogen-bond acceptors (Lipinski definition) is 7. The van der Waals surface area contributed by atoms with Crippen LogP contribution in [0.5, 0.6) is 17.2 Å². The molecule has 10 heteroatoms. The number of hydrogen-bond donors (Lipinski definition) is 0. The zero-order chi connectivity index (χ0) is 25.0. The number of alkyl halides is 3. The molecule has 1 unspecified atom stereocenters. The van der Waals surface area contributed by atoms with Crippen molar-refractivity contribution in [2.24, 2.45) is 0 Å². The van der Waals surface area contributed by atoms with E-state index in [1.165, 1.54) is 51.5 Å². The van der Waals surface area contributed by atoms with Crippen LogP contribution in [0.15, 0.2) is 45.6 Å². The van der Waals surface area contributed by atoms with Crippen LogP contribution in [0.1, 0.15) is 26.0 Å². The first-order valence-electron chi connectivity index (χ1n) is 10.3. The third-order valence-electron chi connectivity index (χ3n) is 4.89. The van der Waals surface area contributed by atoms with Gasteiger partial charge >= 0.3 is 12.1 Å². The van der Waals surface area contributed by atoms with Crippen molar-refractivity contribution in [3.8, 4) is 28.4 Å². The summed E-state index contributed by atoms with van der Waals surface area (Å²) < 4.78 is 67.7. The summed E-state index contributed by atoms with van der Waals surface area (Å²) in [6, 6.07) is 7.77. The molecule has 0 fully saturated rings. The number of methoxy groups -OCH3 is 2. The topological polar surface area (TPSA) is 84.2 Å². The second-order valence-corrected chi connectivity index (χ2v) is 7.29. The number of fused-ring (bicyclic) bond motifs is 1. The van der Waals surface area contributed by atoms with Crippen molar-refractivity contribution >= 4 is 16.9 Å². The van der Waals surface area contributed by atoms with E-state index in [1.807, 2.05) is 6.92 Å². The molecule has 0 spiro atoms. The Kier molecular flexibility index (Phi) is 7.38. The number of esters is 1. The van der Waals surface area contributed by atoms with E-state index in [0.29, 0.717) is 12.2 Å². The van der Waals surface area contributed by atoms with Crippen LogP contribution in [0.25, 0.3) is 22.1 Å². The lowest BCUT2D eigenvalue weighted by molar-refractivity contribution is -0.152. The van der Waals surface area contributed by atoms with Crippen molar-refractivity contribution in [1.29, 1.82) is 0 Å². The predicted octanol–water partition coefficient (Wildman–Crippen LogP) is 5.22. The predicted molar refractivity (Wildman–Crippen MR) is 117 cm³/mol. The lowest BCUT2D eigenvalue weighted by Crippen LogP contribution is -2.26.